The summed E-state index contributed by atoms with van der Waals surface area (Å²) in [5.41, 5.74) is 3.37. The predicted molar refractivity (Wildman–Crippen MR) is 63.8 cm³/mol. The van der Waals surface area contributed by atoms with Gasteiger partial charge in [-0.2, -0.15) is 8.75 Å². The number of nitrogens with zero attached hydrogens (tertiary/aromatic N) is 2. The molecular formula is C11H11N3OS. The van der Waals surface area contributed by atoms with Crippen LogP contribution in [-0.2, 0) is 0 Å². The van der Waals surface area contributed by atoms with Crippen molar-refractivity contribution in [3.8, 4) is 0 Å². The minimum absolute atomic E-state index is 0.223. The summed E-state index contributed by atoms with van der Waals surface area (Å²) >= 11 is 1.02. The zero-order chi connectivity index (χ0) is 11.5. The number of hydrogen-bond donors (Lipinski definition) is 1. The van der Waals surface area contributed by atoms with E-state index in [1.807, 2.05) is 26.0 Å². The van der Waals surface area contributed by atoms with Crippen LogP contribution in [0.2, 0.25) is 0 Å². The van der Waals surface area contributed by atoms with E-state index in [2.05, 4.69) is 20.1 Å². The standard InChI is InChI=1S/C11H11N3OS/c1-7-3-8(2)5-9(4-7)13-11(15)10-6-12-16-14-10/h3-6H,1-2H3,(H,13,15). The second kappa shape index (κ2) is 4.40. The molecule has 0 aliphatic rings. The van der Waals surface area contributed by atoms with Gasteiger partial charge in [0.2, 0.25) is 0 Å². The molecule has 5 heteroatoms. The van der Waals surface area contributed by atoms with Gasteiger partial charge in [-0.25, -0.2) is 0 Å². The van der Waals surface area contributed by atoms with Gasteiger partial charge in [0.25, 0.3) is 5.91 Å². The third kappa shape index (κ3) is 2.43. The van der Waals surface area contributed by atoms with Crippen LogP contribution in [-0.4, -0.2) is 14.7 Å². The van der Waals surface area contributed by atoms with Crippen molar-refractivity contribution >= 4 is 23.3 Å². The number of anilines is 1. The van der Waals surface area contributed by atoms with Crippen LogP contribution in [0.25, 0.3) is 0 Å². The molecule has 0 bridgehead atoms. The zero-order valence-electron chi connectivity index (χ0n) is 9.02. The van der Waals surface area contributed by atoms with Gasteiger partial charge < -0.3 is 5.32 Å². The molecule has 0 saturated heterocycles. The SMILES string of the molecule is Cc1cc(C)cc(NC(=O)c2cnsn2)c1. The minimum Gasteiger partial charge on any atom is -0.321 e. The number of benzene rings is 1. The number of nitrogens with one attached hydrogen (secondary N) is 1. The minimum atomic E-state index is -0.223. The first-order valence-electron chi connectivity index (χ1n) is 4.82. The lowest BCUT2D eigenvalue weighted by atomic mass is 10.1. The van der Waals surface area contributed by atoms with E-state index in [1.54, 1.807) is 0 Å². The van der Waals surface area contributed by atoms with Crippen LogP contribution >= 0.6 is 11.7 Å². The Morgan fingerprint density at radius 1 is 1.25 bits per heavy atom. The molecule has 0 unspecified atom stereocenters. The first kappa shape index (κ1) is 10.8. The fraction of sp³-hybridized carbons (Fsp3) is 0.182. The summed E-state index contributed by atoms with van der Waals surface area (Å²) in [6, 6.07) is 5.90. The van der Waals surface area contributed by atoms with Gasteiger partial charge in [-0.15, -0.1) is 0 Å². The highest BCUT2D eigenvalue weighted by Gasteiger charge is 2.08. The Kier molecular flexibility index (Phi) is 2.96. The normalized spacial score (nSPS) is 10.1. The molecule has 82 valence electrons. The molecule has 4 nitrogen and oxygen atoms in total. The van der Waals surface area contributed by atoms with E-state index >= 15 is 0 Å². The fourth-order valence-electron chi connectivity index (χ4n) is 1.51. The molecule has 0 fully saturated rings. The molecule has 0 saturated carbocycles. The quantitative estimate of drug-likeness (QED) is 0.866. The van der Waals surface area contributed by atoms with E-state index in [4.69, 9.17) is 0 Å². The number of aromatic nitrogens is 2. The van der Waals surface area contributed by atoms with E-state index in [0.29, 0.717) is 5.69 Å². The third-order valence-electron chi connectivity index (χ3n) is 2.07. The maximum atomic E-state index is 11.7. The Morgan fingerprint density at radius 2 is 1.94 bits per heavy atom. The summed E-state index contributed by atoms with van der Waals surface area (Å²) in [5.74, 6) is -0.223. The van der Waals surface area contributed by atoms with Crippen LogP contribution in [0.5, 0.6) is 0 Å². The van der Waals surface area contributed by atoms with E-state index in [0.717, 1.165) is 28.5 Å². The summed E-state index contributed by atoms with van der Waals surface area (Å²) in [7, 11) is 0. The van der Waals surface area contributed by atoms with Gasteiger partial charge in [-0.3, -0.25) is 4.79 Å². The summed E-state index contributed by atoms with van der Waals surface area (Å²) in [4.78, 5) is 11.7. The Morgan fingerprint density at radius 3 is 2.50 bits per heavy atom. The summed E-state index contributed by atoms with van der Waals surface area (Å²) in [6.45, 7) is 3.99. The predicted octanol–water partition coefficient (Wildman–Crippen LogP) is 2.41. The molecule has 16 heavy (non-hydrogen) atoms. The molecule has 1 aromatic heterocycles. The molecule has 1 aromatic carbocycles. The van der Waals surface area contributed by atoms with Crippen LogP contribution < -0.4 is 5.32 Å². The number of rotatable bonds is 2. The lowest BCUT2D eigenvalue weighted by Crippen LogP contribution is -2.12. The average Bonchev–Trinajstić information content (AvgIpc) is 2.68. The topological polar surface area (TPSA) is 54.9 Å². The summed E-state index contributed by atoms with van der Waals surface area (Å²) in [5, 5.41) is 2.79. The molecule has 0 aliphatic carbocycles. The Balaban J connectivity index is 2.18. The maximum Gasteiger partial charge on any atom is 0.277 e. The molecule has 1 amide bonds. The monoisotopic (exact) mass is 233 g/mol. The number of carbonyl (C=O) groups is 1. The molecule has 0 spiro atoms. The van der Waals surface area contributed by atoms with Crippen molar-refractivity contribution in [2.75, 3.05) is 5.32 Å². The zero-order valence-corrected chi connectivity index (χ0v) is 9.84. The lowest BCUT2D eigenvalue weighted by molar-refractivity contribution is 0.102. The van der Waals surface area contributed by atoms with Crippen molar-refractivity contribution in [1.82, 2.24) is 8.75 Å². The van der Waals surface area contributed by atoms with Crippen LogP contribution in [0.4, 0.5) is 5.69 Å². The van der Waals surface area contributed by atoms with Gasteiger partial charge in [0, 0.05) is 5.69 Å². The molecular weight excluding hydrogens is 222 g/mol. The Bertz CT molecular complexity index is 488. The van der Waals surface area contributed by atoms with Crippen molar-refractivity contribution in [3.63, 3.8) is 0 Å². The number of amides is 1. The highest BCUT2D eigenvalue weighted by molar-refractivity contribution is 6.99. The molecule has 0 radical (unpaired) electrons. The molecule has 2 aromatic rings. The largest absolute Gasteiger partial charge is 0.321 e. The number of carbonyl (C=O) groups excluding carboxylic acids is 1. The van der Waals surface area contributed by atoms with E-state index in [-0.39, 0.29) is 5.91 Å². The van der Waals surface area contributed by atoms with Crippen molar-refractivity contribution in [1.29, 1.82) is 0 Å². The molecule has 1 N–H and O–H groups in total. The van der Waals surface area contributed by atoms with Gasteiger partial charge in [0.15, 0.2) is 5.69 Å². The molecule has 0 aliphatic heterocycles. The first-order chi connectivity index (χ1) is 7.65. The van der Waals surface area contributed by atoms with Gasteiger partial charge in [-0.05, 0) is 37.1 Å². The Hall–Kier alpha value is -1.75. The first-order valence-corrected chi connectivity index (χ1v) is 5.55. The van der Waals surface area contributed by atoms with Crippen LogP contribution in [0.3, 0.4) is 0 Å². The average molecular weight is 233 g/mol. The van der Waals surface area contributed by atoms with Crippen LogP contribution in [0, 0.1) is 13.8 Å². The third-order valence-corrected chi connectivity index (χ3v) is 2.55. The van der Waals surface area contributed by atoms with Gasteiger partial charge in [0.05, 0.1) is 17.9 Å². The van der Waals surface area contributed by atoms with Gasteiger partial charge >= 0.3 is 0 Å². The van der Waals surface area contributed by atoms with E-state index in [1.165, 1.54) is 6.20 Å². The van der Waals surface area contributed by atoms with E-state index in [9.17, 15) is 4.79 Å². The van der Waals surface area contributed by atoms with Crippen LogP contribution in [0.15, 0.2) is 24.4 Å². The fourth-order valence-corrected chi connectivity index (χ4v) is 1.92. The van der Waals surface area contributed by atoms with E-state index < -0.39 is 0 Å². The van der Waals surface area contributed by atoms with Crippen LogP contribution in [0.1, 0.15) is 21.6 Å². The molecule has 2 rings (SSSR count). The summed E-state index contributed by atoms with van der Waals surface area (Å²) < 4.78 is 7.67. The van der Waals surface area contributed by atoms with Crippen molar-refractivity contribution in [2.45, 2.75) is 13.8 Å². The second-order valence-electron chi connectivity index (χ2n) is 3.62. The second-order valence-corrected chi connectivity index (χ2v) is 4.18. The lowest BCUT2D eigenvalue weighted by Gasteiger charge is -2.05. The summed E-state index contributed by atoms with van der Waals surface area (Å²) in [6.07, 6.45) is 1.46. The molecule has 1 heterocycles. The Labute approximate surface area is 97.7 Å². The highest BCUT2D eigenvalue weighted by atomic mass is 32.1. The highest BCUT2D eigenvalue weighted by Crippen LogP contribution is 2.14. The van der Waals surface area contributed by atoms with Crippen molar-refractivity contribution in [2.24, 2.45) is 0 Å². The van der Waals surface area contributed by atoms with Crippen molar-refractivity contribution < 1.29 is 4.79 Å². The van der Waals surface area contributed by atoms with Crippen molar-refractivity contribution in [3.05, 3.63) is 41.2 Å². The number of hydrogen-bond acceptors (Lipinski definition) is 4. The maximum absolute atomic E-state index is 11.7. The van der Waals surface area contributed by atoms with Gasteiger partial charge in [0.1, 0.15) is 0 Å². The number of aryl methyl sites for hydroxylation is 2. The van der Waals surface area contributed by atoms with Gasteiger partial charge in [-0.1, -0.05) is 6.07 Å². The smallest absolute Gasteiger partial charge is 0.277 e. The molecule has 0 atom stereocenters.